The van der Waals surface area contributed by atoms with Gasteiger partial charge in [0.15, 0.2) is 4.77 Å². The number of nitrogens with zero attached hydrogens (tertiary/aromatic N) is 2. The summed E-state index contributed by atoms with van der Waals surface area (Å²) in [4.78, 5) is 0. The van der Waals surface area contributed by atoms with E-state index in [2.05, 4.69) is 106 Å². The minimum atomic E-state index is -2.53. The van der Waals surface area contributed by atoms with E-state index in [1.807, 2.05) is 38.4 Å². The molecule has 0 saturated heterocycles. The van der Waals surface area contributed by atoms with Gasteiger partial charge in [0.2, 0.25) is 0 Å². The first-order valence-corrected chi connectivity index (χ1v) is 17.6. The highest BCUT2D eigenvalue weighted by Gasteiger charge is 2.39. The molecule has 0 radical (unpaired) electrons. The Morgan fingerprint density at radius 3 is 0.889 bits per heavy atom. The fourth-order valence-corrected chi connectivity index (χ4v) is 14.9. The molecule has 5 rings (SSSR count). The van der Waals surface area contributed by atoms with E-state index >= 15 is 0 Å². The van der Waals surface area contributed by atoms with E-state index in [0.717, 1.165) is 36.9 Å². The van der Waals surface area contributed by atoms with E-state index in [9.17, 15) is 0 Å². The van der Waals surface area contributed by atoms with E-state index in [4.69, 9.17) is 35.8 Å². The lowest BCUT2D eigenvalue weighted by Gasteiger charge is -2.30. The van der Waals surface area contributed by atoms with Gasteiger partial charge in [-0.3, -0.25) is 0 Å². The summed E-state index contributed by atoms with van der Waals surface area (Å²) in [6.07, 6.45) is 0. The van der Waals surface area contributed by atoms with Crippen LogP contribution in [0.4, 0.5) is 0 Å². The quantitative estimate of drug-likeness (QED) is 0.222. The van der Waals surface area contributed by atoms with Crippen LogP contribution in [0, 0.1) is 4.77 Å². The van der Waals surface area contributed by atoms with Crippen molar-refractivity contribution in [1.29, 1.82) is 0 Å². The molecule has 0 aliphatic heterocycles. The molecule has 0 aliphatic carbocycles. The molecule has 1 aromatic heterocycles. The second-order valence-electron chi connectivity index (χ2n) is 8.61. The lowest BCUT2D eigenvalue weighted by Crippen LogP contribution is -2.42. The second kappa shape index (κ2) is 10.2. The molecule has 0 aliphatic rings. The predicted molar refractivity (Wildman–Crippen MR) is 167 cm³/mol. The van der Waals surface area contributed by atoms with Crippen LogP contribution in [0.15, 0.2) is 121 Å². The molecule has 5 aromatic rings. The lowest BCUT2D eigenvalue weighted by atomic mass is 10.4. The van der Waals surface area contributed by atoms with Crippen LogP contribution >= 0.6 is 24.3 Å². The molecule has 0 atom stereocenters. The molecule has 0 spiro atoms. The lowest BCUT2D eigenvalue weighted by molar-refractivity contribution is 0.829. The van der Waals surface area contributed by atoms with Gasteiger partial charge in [0, 0.05) is 14.1 Å². The number of imidazole rings is 1. The zero-order chi connectivity index (χ0) is 25.3. The average Bonchev–Trinajstić information content (AvgIpc) is 3.18. The predicted octanol–water partition coefficient (Wildman–Crippen LogP) is 4.60. The summed E-state index contributed by atoms with van der Waals surface area (Å²) in [6, 6.07) is 36.9. The highest BCUT2D eigenvalue weighted by Crippen LogP contribution is 2.49. The maximum absolute atomic E-state index is 6.82. The summed E-state index contributed by atoms with van der Waals surface area (Å²) in [7, 11) is 4.09. The van der Waals surface area contributed by atoms with Crippen molar-refractivity contribution >= 4 is 80.0 Å². The summed E-state index contributed by atoms with van der Waals surface area (Å²) in [5.41, 5.74) is 2.14. The fourth-order valence-electron chi connectivity index (χ4n) is 4.75. The molecule has 0 fully saturated rings. The molecule has 4 aromatic carbocycles. The molecule has 180 valence electrons. The summed E-state index contributed by atoms with van der Waals surface area (Å²) in [6.45, 7) is 0. The van der Waals surface area contributed by atoms with Crippen molar-refractivity contribution in [3.63, 3.8) is 0 Å². The minimum absolute atomic E-state index is 0.724. The topological polar surface area (TPSA) is 9.86 Å². The van der Waals surface area contributed by atoms with Crippen LogP contribution in [0.2, 0.25) is 0 Å². The van der Waals surface area contributed by atoms with Gasteiger partial charge in [0.25, 0.3) is 0 Å². The van der Waals surface area contributed by atoms with Crippen molar-refractivity contribution in [1.82, 2.24) is 9.13 Å². The monoisotopic (exact) mass is 560 g/mol. The van der Waals surface area contributed by atoms with Crippen LogP contribution in [0.25, 0.3) is 0 Å². The Hall–Kier alpha value is -2.39. The molecule has 0 bridgehead atoms. The third-order valence-corrected chi connectivity index (χ3v) is 17.1. The summed E-state index contributed by atoms with van der Waals surface area (Å²) in [5, 5.41) is 4.52. The van der Waals surface area contributed by atoms with Gasteiger partial charge in [0.05, 0.1) is 22.9 Å². The third kappa shape index (κ3) is 4.04. The minimum Gasteiger partial charge on any atom is -0.318 e. The average molecular weight is 561 g/mol. The van der Waals surface area contributed by atoms with E-state index in [1.54, 1.807) is 0 Å². The Balaban J connectivity index is 1.97. The zero-order valence-electron chi connectivity index (χ0n) is 20.1. The molecule has 7 heteroatoms. The first kappa shape index (κ1) is 25.3. The van der Waals surface area contributed by atoms with E-state index < -0.39 is 12.1 Å². The first-order chi connectivity index (χ1) is 17.4. The molecule has 2 nitrogen and oxygen atoms in total. The number of aromatic nitrogens is 2. The Kier molecular flexibility index (Phi) is 7.14. The normalized spacial score (nSPS) is 11.9. The highest BCUT2D eigenvalue weighted by atomic mass is 32.4. The first-order valence-electron chi connectivity index (χ1n) is 11.6. The Morgan fingerprint density at radius 2 is 0.667 bits per heavy atom. The van der Waals surface area contributed by atoms with Crippen LogP contribution in [-0.2, 0) is 37.7 Å². The van der Waals surface area contributed by atoms with Gasteiger partial charge < -0.3 is 9.13 Å². The highest BCUT2D eigenvalue weighted by molar-refractivity contribution is 8.28. The molecular formula is C29H26N2P2S3. The molecule has 36 heavy (non-hydrogen) atoms. The van der Waals surface area contributed by atoms with Crippen molar-refractivity contribution in [2.75, 3.05) is 0 Å². The van der Waals surface area contributed by atoms with Crippen LogP contribution in [-0.4, -0.2) is 9.13 Å². The Morgan fingerprint density at radius 1 is 0.444 bits per heavy atom. The molecule has 0 saturated carbocycles. The molecule has 0 N–H and O–H groups in total. The molecular weight excluding hydrogens is 534 g/mol. The number of hydrogen-bond donors (Lipinski definition) is 0. The van der Waals surface area contributed by atoms with Crippen LogP contribution in [0.5, 0.6) is 0 Å². The van der Waals surface area contributed by atoms with Gasteiger partial charge in [-0.2, -0.15) is 0 Å². The number of hydrogen-bond acceptors (Lipinski definition) is 3. The standard InChI is InChI=1S/C29H26N2P2S3/c1-30-27(32(35,23-15-7-3-8-16-23)24-17-9-4-10-18-24)28(31(2)29(30)34)33(36,25-19-11-5-12-20-25)26-21-13-6-14-22-26/h3-22H,1-2H3. The van der Waals surface area contributed by atoms with Gasteiger partial charge in [-0.1, -0.05) is 145 Å². The third-order valence-electron chi connectivity index (χ3n) is 6.49. The van der Waals surface area contributed by atoms with Gasteiger partial charge in [-0.15, -0.1) is 0 Å². The zero-order valence-corrected chi connectivity index (χ0v) is 24.3. The van der Waals surface area contributed by atoms with Crippen molar-refractivity contribution in [3.8, 4) is 0 Å². The molecule has 1 heterocycles. The second-order valence-corrected chi connectivity index (χ2v) is 17.6. The van der Waals surface area contributed by atoms with E-state index in [-0.39, 0.29) is 0 Å². The van der Waals surface area contributed by atoms with Crippen LogP contribution in [0.3, 0.4) is 0 Å². The Bertz CT molecular complexity index is 1450. The van der Waals surface area contributed by atoms with Gasteiger partial charge in [-0.05, 0) is 33.4 Å². The van der Waals surface area contributed by atoms with Gasteiger partial charge in [0.1, 0.15) is 0 Å². The van der Waals surface area contributed by atoms with E-state index in [1.165, 1.54) is 0 Å². The summed E-state index contributed by atoms with van der Waals surface area (Å²) < 4.78 is 4.97. The SMILES string of the molecule is Cn1c(P(=S)(c2ccccc2)c2ccccc2)c(P(=S)(c2ccccc2)c2ccccc2)n(C)c1=S. The van der Waals surface area contributed by atoms with Crippen LogP contribution < -0.4 is 32.1 Å². The van der Waals surface area contributed by atoms with Crippen LogP contribution in [0.1, 0.15) is 0 Å². The molecule has 0 amide bonds. The Labute approximate surface area is 228 Å². The largest absolute Gasteiger partial charge is 0.318 e. The van der Waals surface area contributed by atoms with E-state index in [0.29, 0.717) is 0 Å². The van der Waals surface area contributed by atoms with Gasteiger partial charge >= 0.3 is 0 Å². The number of rotatable bonds is 6. The van der Waals surface area contributed by atoms with Crippen molar-refractivity contribution in [2.24, 2.45) is 14.1 Å². The summed E-state index contributed by atoms with van der Waals surface area (Å²) in [5.74, 6) is 0. The van der Waals surface area contributed by atoms with Crippen molar-refractivity contribution in [3.05, 3.63) is 126 Å². The maximum Gasteiger partial charge on any atom is 0.180 e. The smallest absolute Gasteiger partial charge is 0.180 e. The van der Waals surface area contributed by atoms with Crippen molar-refractivity contribution in [2.45, 2.75) is 0 Å². The molecule has 0 unspecified atom stereocenters. The van der Waals surface area contributed by atoms with Gasteiger partial charge in [-0.25, -0.2) is 0 Å². The van der Waals surface area contributed by atoms with Crippen molar-refractivity contribution < 1.29 is 0 Å². The maximum atomic E-state index is 6.82. The number of benzene rings is 4. The summed E-state index contributed by atoms with van der Waals surface area (Å²) >= 11 is 19.6. The fraction of sp³-hybridized carbons (Fsp3) is 0.0690.